The van der Waals surface area contributed by atoms with Crippen LogP contribution >= 0.6 is 11.3 Å². The number of hydrogen-bond donors (Lipinski definition) is 1. The maximum Gasteiger partial charge on any atom is 0.348 e. The lowest BCUT2D eigenvalue weighted by Crippen LogP contribution is -2.01. The highest BCUT2D eigenvalue weighted by Gasteiger charge is 2.20. The van der Waals surface area contributed by atoms with Crippen molar-refractivity contribution in [2.45, 2.75) is 6.92 Å². The van der Waals surface area contributed by atoms with Gasteiger partial charge in [0.15, 0.2) is 0 Å². The summed E-state index contributed by atoms with van der Waals surface area (Å²) in [6.45, 7) is 2.20. The lowest BCUT2D eigenvalue weighted by atomic mass is 9.99. The number of H-pyrrole nitrogens is 1. The van der Waals surface area contributed by atoms with E-state index >= 15 is 0 Å². The van der Waals surface area contributed by atoms with E-state index in [4.69, 9.17) is 4.74 Å². The van der Waals surface area contributed by atoms with Gasteiger partial charge in [0.2, 0.25) is 0 Å². The fourth-order valence-electron chi connectivity index (χ4n) is 3.01. The van der Waals surface area contributed by atoms with Crippen LogP contribution in [-0.4, -0.2) is 17.6 Å². The summed E-state index contributed by atoms with van der Waals surface area (Å²) >= 11 is 1.44. The Morgan fingerprint density at radius 2 is 1.64 bits per heavy atom. The number of carbonyl (C=O) groups excluding carboxylic acids is 1. The molecular formula is C21H17NO2S. The average molecular weight is 347 g/mol. The fourth-order valence-corrected chi connectivity index (χ4v) is 3.97. The van der Waals surface area contributed by atoms with Gasteiger partial charge in [0.25, 0.3) is 0 Å². The van der Waals surface area contributed by atoms with E-state index in [-0.39, 0.29) is 5.97 Å². The number of fused-ring (bicyclic) bond motifs is 1. The van der Waals surface area contributed by atoms with Crippen molar-refractivity contribution < 1.29 is 9.53 Å². The van der Waals surface area contributed by atoms with Crippen LogP contribution in [0.15, 0.2) is 66.7 Å². The Morgan fingerprint density at radius 3 is 2.28 bits per heavy atom. The Balaban J connectivity index is 1.94. The Morgan fingerprint density at radius 1 is 1.00 bits per heavy atom. The van der Waals surface area contributed by atoms with Gasteiger partial charge in [-0.3, -0.25) is 0 Å². The Hall–Kier alpha value is -2.85. The van der Waals surface area contributed by atoms with Gasteiger partial charge < -0.3 is 9.72 Å². The Bertz CT molecular complexity index is 1020. The van der Waals surface area contributed by atoms with Crippen molar-refractivity contribution in [3.8, 4) is 22.4 Å². The average Bonchev–Trinajstić information content (AvgIpc) is 3.21. The molecule has 0 aliphatic heterocycles. The second-order valence-electron chi connectivity index (χ2n) is 5.68. The minimum atomic E-state index is -0.266. The van der Waals surface area contributed by atoms with Crippen LogP contribution in [0.3, 0.4) is 0 Å². The molecule has 4 heteroatoms. The SMILES string of the molecule is CCOC(=O)c1cc2c(-c3ccccc3)c(-c3ccccc3)[nH]c2s1. The van der Waals surface area contributed by atoms with Crippen LogP contribution in [-0.2, 0) is 4.74 Å². The summed E-state index contributed by atoms with van der Waals surface area (Å²) in [6.07, 6.45) is 0. The molecule has 124 valence electrons. The Labute approximate surface area is 149 Å². The molecule has 0 spiro atoms. The molecule has 25 heavy (non-hydrogen) atoms. The van der Waals surface area contributed by atoms with E-state index in [0.29, 0.717) is 11.5 Å². The van der Waals surface area contributed by atoms with E-state index in [2.05, 4.69) is 29.2 Å². The van der Waals surface area contributed by atoms with Gasteiger partial charge in [-0.15, -0.1) is 11.3 Å². The van der Waals surface area contributed by atoms with Crippen molar-refractivity contribution in [3.63, 3.8) is 0 Å². The number of benzene rings is 2. The predicted octanol–water partition coefficient (Wildman–Crippen LogP) is 5.74. The van der Waals surface area contributed by atoms with E-state index in [1.807, 2.05) is 49.4 Å². The summed E-state index contributed by atoms with van der Waals surface area (Å²) in [5, 5.41) is 1.05. The second kappa shape index (κ2) is 6.57. The van der Waals surface area contributed by atoms with E-state index in [1.165, 1.54) is 11.3 Å². The third-order valence-corrected chi connectivity index (χ3v) is 5.12. The van der Waals surface area contributed by atoms with Crippen LogP contribution in [0, 0.1) is 0 Å². The van der Waals surface area contributed by atoms with Crippen LogP contribution in [0.2, 0.25) is 0 Å². The highest BCUT2D eigenvalue weighted by Crippen LogP contribution is 2.41. The molecule has 4 rings (SSSR count). The summed E-state index contributed by atoms with van der Waals surface area (Å²) in [4.78, 5) is 17.2. The largest absolute Gasteiger partial charge is 0.462 e. The zero-order valence-corrected chi connectivity index (χ0v) is 14.6. The lowest BCUT2D eigenvalue weighted by Gasteiger charge is -2.05. The number of hydrogen-bond acceptors (Lipinski definition) is 3. The maximum absolute atomic E-state index is 12.1. The molecule has 0 atom stereocenters. The number of aromatic nitrogens is 1. The summed E-state index contributed by atoms with van der Waals surface area (Å²) < 4.78 is 5.14. The molecule has 0 saturated heterocycles. The van der Waals surface area contributed by atoms with Gasteiger partial charge in [-0.25, -0.2) is 4.79 Å². The maximum atomic E-state index is 12.1. The van der Waals surface area contributed by atoms with Gasteiger partial charge in [0, 0.05) is 10.9 Å². The van der Waals surface area contributed by atoms with Crippen molar-refractivity contribution in [2.24, 2.45) is 0 Å². The monoisotopic (exact) mass is 347 g/mol. The molecule has 0 aliphatic rings. The first-order valence-electron chi connectivity index (χ1n) is 8.21. The van der Waals surface area contributed by atoms with Gasteiger partial charge in [-0.05, 0) is 24.1 Å². The highest BCUT2D eigenvalue weighted by molar-refractivity contribution is 7.20. The fraction of sp³-hybridized carbons (Fsp3) is 0.0952. The lowest BCUT2D eigenvalue weighted by molar-refractivity contribution is 0.0532. The van der Waals surface area contributed by atoms with Crippen molar-refractivity contribution in [1.29, 1.82) is 0 Å². The number of rotatable bonds is 4. The van der Waals surface area contributed by atoms with Crippen LogP contribution in [0.5, 0.6) is 0 Å². The van der Waals surface area contributed by atoms with Crippen molar-refractivity contribution in [2.75, 3.05) is 6.61 Å². The third-order valence-electron chi connectivity index (χ3n) is 4.09. The molecule has 0 aliphatic carbocycles. The van der Waals surface area contributed by atoms with Crippen molar-refractivity contribution in [3.05, 3.63) is 71.6 Å². The number of nitrogens with one attached hydrogen (secondary N) is 1. The van der Waals surface area contributed by atoms with E-state index in [1.54, 1.807) is 0 Å². The molecule has 2 aromatic heterocycles. The summed E-state index contributed by atoms with van der Waals surface area (Å²) in [5.74, 6) is -0.266. The highest BCUT2D eigenvalue weighted by atomic mass is 32.1. The second-order valence-corrected chi connectivity index (χ2v) is 6.73. The molecule has 3 nitrogen and oxygen atoms in total. The smallest absolute Gasteiger partial charge is 0.348 e. The number of aromatic amines is 1. The molecule has 0 radical (unpaired) electrons. The molecule has 2 aromatic carbocycles. The number of esters is 1. The third kappa shape index (κ3) is 2.85. The topological polar surface area (TPSA) is 42.1 Å². The normalized spacial score (nSPS) is 10.9. The van der Waals surface area contributed by atoms with Crippen molar-refractivity contribution >= 4 is 27.5 Å². The number of ether oxygens (including phenoxy) is 1. The molecule has 0 bridgehead atoms. The molecule has 0 fully saturated rings. The first kappa shape index (κ1) is 15.7. The van der Waals surface area contributed by atoms with Crippen LogP contribution in [0.1, 0.15) is 16.6 Å². The van der Waals surface area contributed by atoms with Crippen LogP contribution in [0.25, 0.3) is 32.6 Å². The standard InChI is InChI=1S/C21H17NO2S/c1-2-24-21(23)17-13-16-18(14-9-5-3-6-10-14)19(22-20(16)25-17)15-11-7-4-8-12-15/h3-13,22H,2H2,1H3. The summed E-state index contributed by atoms with van der Waals surface area (Å²) in [6, 6.07) is 22.4. The van der Waals surface area contributed by atoms with E-state index in [9.17, 15) is 4.79 Å². The minimum absolute atomic E-state index is 0.266. The molecule has 2 heterocycles. The predicted molar refractivity (Wildman–Crippen MR) is 103 cm³/mol. The Kier molecular flexibility index (Phi) is 4.12. The summed E-state index contributed by atoms with van der Waals surface area (Å²) in [7, 11) is 0. The molecule has 0 saturated carbocycles. The van der Waals surface area contributed by atoms with Gasteiger partial charge in [-0.2, -0.15) is 0 Å². The van der Waals surface area contributed by atoms with Gasteiger partial charge in [0.1, 0.15) is 9.71 Å². The molecule has 1 N–H and O–H groups in total. The van der Waals surface area contributed by atoms with Crippen LogP contribution < -0.4 is 0 Å². The minimum Gasteiger partial charge on any atom is -0.462 e. The van der Waals surface area contributed by atoms with Gasteiger partial charge in [0.05, 0.1) is 12.3 Å². The zero-order valence-electron chi connectivity index (χ0n) is 13.8. The molecule has 0 unspecified atom stereocenters. The molecule has 0 amide bonds. The first-order chi connectivity index (χ1) is 12.3. The summed E-state index contributed by atoms with van der Waals surface area (Å²) in [5.41, 5.74) is 4.44. The van der Waals surface area contributed by atoms with Crippen LogP contribution in [0.4, 0.5) is 0 Å². The molecule has 4 aromatic rings. The zero-order chi connectivity index (χ0) is 17.2. The molecular weight excluding hydrogens is 330 g/mol. The van der Waals surface area contributed by atoms with Gasteiger partial charge in [-0.1, -0.05) is 60.7 Å². The van der Waals surface area contributed by atoms with E-state index < -0.39 is 0 Å². The first-order valence-corrected chi connectivity index (χ1v) is 9.03. The van der Waals surface area contributed by atoms with Crippen molar-refractivity contribution in [1.82, 2.24) is 4.98 Å². The number of thiophene rings is 1. The van der Waals surface area contributed by atoms with Gasteiger partial charge >= 0.3 is 5.97 Å². The van der Waals surface area contributed by atoms with E-state index in [0.717, 1.165) is 32.6 Å². The number of carbonyl (C=O) groups is 1. The quantitative estimate of drug-likeness (QED) is 0.478.